The summed E-state index contributed by atoms with van der Waals surface area (Å²) in [7, 11) is 5.56. The minimum absolute atomic E-state index is 0.0471. The van der Waals surface area contributed by atoms with E-state index >= 15 is 0 Å². The monoisotopic (exact) mass is 400 g/mol. The first kappa shape index (κ1) is 20.4. The number of ether oxygens (including phenoxy) is 1. The van der Waals surface area contributed by atoms with Crippen molar-refractivity contribution in [2.75, 3.05) is 45.7 Å². The number of methoxy groups -OCH3 is 1. The van der Waals surface area contributed by atoms with E-state index in [1.807, 2.05) is 48.7 Å². The molecular weight excluding hydrogens is 372 g/mol. The molecular formula is C21H28N4O2S. The van der Waals surface area contributed by atoms with Gasteiger partial charge in [-0.2, -0.15) is 0 Å². The molecule has 0 saturated carbocycles. The molecule has 2 heterocycles. The average Bonchev–Trinajstić information content (AvgIpc) is 3.19. The summed E-state index contributed by atoms with van der Waals surface area (Å²) in [6.45, 7) is 6.67. The van der Waals surface area contributed by atoms with Gasteiger partial charge >= 0.3 is 0 Å². The summed E-state index contributed by atoms with van der Waals surface area (Å²) >= 11 is 1.57. The second-order valence-electron chi connectivity index (χ2n) is 7.16. The summed E-state index contributed by atoms with van der Waals surface area (Å²) in [5, 5.41) is 6.08. The molecule has 7 heteroatoms. The number of nitrogens with one attached hydrogen (secondary N) is 1. The first-order chi connectivity index (χ1) is 13.5. The lowest BCUT2D eigenvalue weighted by Crippen LogP contribution is -2.44. The fraction of sp³-hybridized carbons (Fsp3) is 0.429. The number of thiazole rings is 1. The summed E-state index contributed by atoms with van der Waals surface area (Å²) in [5.41, 5.74) is 2.28. The summed E-state index contributed by atoms with van der Waals surface area (Å²) in [6.07, 6.45) is 3.85. The summed E-state index contributed by atoms with van der Waals surface area (Å²) < 4.78 is 5.49. The van der Waals surface area contributed by atoms with Gasteiger partial charge in [-0.3, -0.25) is 9.69 Å². The smallest absolute Gasteiger partial charge is 0.251 e. The third-order valence-corrected chi connectivity index (χ3v) is 5.93. The topological polar surface area (TPSA) is 57.7 Å². The van der Waals surface area contributed by atoms with Gasteiger partial charge in [0.05, 0.1) is 12.8 Å². The molecule has 0 bridgehead atoms. The molecule has 28 heavy (non-hydrogen) atoms. The molecule has 2 aromatic rings. The standard InChI is InChI=1S/C21H28N4O2S/c1-5-10-25-11-8-16(9-12-25)22-20(26)15-6-7-19(27-4)17(13-15)18-14-28-21(23-18)24(2)3/h5-7,13-14,16H,1,8-12H2,2-4H3,(H,22,26). The Morgan fingerprint density at radius 2 is 2.18 bits per heavy atom. The van der Waals surface area contributed by atoms with Crippen molar-refractivity contribution in [1.29, 1.82) is 0 Å². The second kappa shape index (κ2) is 9.21. The van der Waals surface area contributed by atoms with Crippen LogP contribution in [0.15, 0.2) is 36.2 Å². The molecule has 1 aromatic heterocycles. The van der Waals surface area contributed by atoms with Crippen LogP contribution in [0, 0.1) is 0 Å². The molecule has 1 aromatic carbocycles. The molecule has 0 radical (unpaired) electrons. The van der Waals surface area contributed by atoms with Crippen LogP contribution in [-0.4, -0.2) is 62.7 Å². The van der Waals surface area contributed by atoms with Crippen LogP contribution >= 0.6 is 11.3 Å². The number of carbonyl (C=O) groups excluding carboxylic acids is 1. The van der Waals surface area contributed by atoms with Crippen LogP contribution < -0.4 is 15.0 Å². The van der Waals surface area contributed by atoms with Crippen molar-refractivity contribution in [3.8, 4) is 17.0 Å². The summed E-state index contributed by atoms with van der Waals surface area (Å²) in [5.74, 6) is 0.666. The van der Waals surface area contributed by atoms with E-state index in [1.165, 1.54) is 0 Å². The number of hydrogen-bond acceptors (Lipinski definition) is 6. The van der Waals surface area contributed by atoms with Crippen molar-refractivity contribution in [3.05, 3.63) is 41.8 Å². The molecule has 1 aliphatic heterocycles. The van der Waals surface area contributed by atoms with Crippen LogP contribution in [0.5, 0.6) is 5.75 Å². The lowest BCUT2D eigenvalue weighted by molar-refractivity contribution is 0.0914. The van der Waals surface area contributed by atoms with E-state index in [0.717, 1.165) is 48.9 Å². The molecule has 1 N–H and O–H groups in total. The first-order valence-electron chi connectivity index (χ1n) is 9.47. The number of carbonyl (C=O) groups is 1. The van der Waals surface area contributed by atoms with Crippen molar-refractivity contribution in [2.24, 2.45) is 0 Å². The van der Waals surface area contributed by atoms with E-state index in [2.05, 4.69) is 21.8 Å². The van der Waals surface area contributed by atoms with E-state index in [9.17, 15) is 4.79 Å². The van der Waals surface area contributed by atoms with Gasteiger partial charge in [0.2, 0.25) is 0 Å². The third kappa shape index (κ3) is 4.72. The number of nitrogens with zero attached hydrogens (tertiary/aromatic N) is 3. The van der Waals surface area contributed by atoms with Gasteiger partial charge in [0.15, 0.2) is 5.13 Å². The Morgan fingerprint density at radius 3 is 2.79 bits per heavy atom. The highest BCUT2D eigenvalue weighted by atomic mass is 32.1. The van der Waals surface area contributed by atoms with Crippen LogP contribution in [-0.2, 0) is 0 Å². The molecule has 1 amide bonds. The normalized spacial score (nSPS) is 15.2. The van der Waals surface area contributed by atoms with Gasteiger partial charge in [0.25, 0.3) is 5.91 Å². The Hall–Kier alpha value is -2.38. The Morgan fingerprint density at radius 1 is 1.43 bits per heavy atom. The maximum Gasteiger partial charge on any atom is 0.251 e. The van der Waals surface area contributed by atoms with Gasteiger partial charge in [-0.15, -0.1) is 17.9 Å². The van der Waals surface area contributed by atoms with Crippen LogP contribution in [0.3, 0.4) is 0 Å². The zero-order valence-corrected chi connectivity index (χ0v) is 17.6. The maximum atomic E-state index is 12.8. The van der Waals surface area contributed by atoms with Crippen molar-refractivity contribution >= 4 is 22.4 Å². The maximum absolute atomic E-state index is 12.8. The number of anilines is 1. The Bertz CT molecular complexity index is 826. The number of likely N-dealkylation sites (tertiary alicyclic amines) is 1. The van der Waals surface area contributed by atoms with Crippen molar-refractivity contribution in [3.63, 3.8) is 0 Å². The largest absolute Gasteiger partial charge is 0.496 e. The summed E-state index contributed by atoms with van der Waals surface area (Å²) in [6, 6.07) is 5.73. The van der Waals surface area contributed by atoms with Gasteiger partial charge in [0, 0.05) is 56.3 Å². The Balaban J connectivity index is 1.73. The fourth-order valence-corrected chi connectivity index (χ4v) is 4.11. The van der Waals surface area contributed by atoms with Gasteiger partial charge in [-0.1, -0.05) is 6.08 Å². The molecule has 0 aliphatic carbocycles. The van der Waals surface area contributed by atoms with Crippen molar-refractivity contribution in [1.82, 2.24) is 15.2 Å². The SMILES string of the molecule is C=CCN1CCC(NC(=O)c2ccc(OC)c(-c3csc(N(C)C)n3)c2)CC1. The van der Waals surface area contributed by atoms with E-state index in [1.54, 1.807) is 18.4 Å². The van der Waals surface area contributed by atoms with Gasteiger partial charge in [-0.25, -0.2) is 4.98 Å². The third-order valence-electron chi connectivity index (χ3n) is 4.92. The predicted octanol–water partition coefficient (Wildman–Crippen LogP) is 3.26. The van der Waals surface area contributed by atoms with Crippen LogP contribution in [0.4, 0.5) is 5.13 Å². The zero-order valence-electron chi connectivity index (χ0n) is 16.8. The van der Waals surface area contributed by atoms with Crippen LogP contribution in [0.25, 0.3) is 11.3 Å². The Kier molecular flexibility index (Phi) is 6.70. The number of rotatable bonds is 7. The molecule has 1 saturated heterocycles. The molecule has 1 aliphatic rings. The van der Waals surface area contributed by atoms with E-state index in [4.69, 9.17) is 4.74 Å². The van der Waals surface area contributed by atoms with E-state index < -0.39 is 0 Å². The molecule has 0 atom stereocenters. The van der Waals surface area contributed by atoms with E-state index in [-0.39, 0.29) is 11.9 Å². The first-order valence-corrected chi connectivity index (χ1v) is 10.3. The molecule has 0 unspecified atom stereocenters. The highest BCUT2D eigenvalue weighted by Gasteiger charge is 2.21. The molecule has 0 spiro atoms. The second-order valence-corrected chi connectivity index (χ2v) is 8.00. The lowest BCUT2D eigenvalue weighted by atomic mass is 10.0. The highest BCUT2D eigenvalue weighted by molar-refractivity contribution is 7.14. The van der Waals surface area contributed by atoms with Gasteiger partial charge in [0.1, 0.15) is 5.75 Å². The van der Waals surface area contributed by atoms with Crippen LogP contribution in [0.2, 0.25) is 0 Å². The number of piperidine rings is 1. The Labute approximate surface area is 170 Å². The quantitative estimate of drug-likeness (QED) is 0.723. The zero-order chi connectivity index (χ0) is 20.1. The van der Waals surface area contributed by atoms with Crippen LogP contribution in [0.1, 0.15) is 23.2 Å². The van der Waals surface area contributed by atoms with Gasteiger partial charge in [-0.05, 0) is 31.0 Å². The van der Waals surface area contributed by atoms with Crippen molar-refractivity contribution < 1.29 is 9.53 Å². The summed E-state index contributed by atoms with van der Waals surface area (Å²) in [4.78, 5) is 21.8. The minimum atomic E-state index is -0.0471. The van der Waals surface area contributed by atoms with Gasteiger partial charge < -0.3 is 15.0 Å². The predicted molar refractivity (Wildman–Crippen MR) is 116 cm³/mol. The highest BCUT2D eigenvalue weighted by Crippen LogP contribution is 2.33. The molecule has 150 valence electrons. The number of hydrogen-bond donors (Lipinski definition) is 1. The number of amides is 1. The molecule has 1 fully saturated rings. The average molecular weight is 401 g/mol. The lowest BCUT2D eigenvalue weighted by Gasteiger charge is -2.31. The number of benzene rings is 1. The minimum Gasteiger partial charge on any atom is -0.496 e. The number of aromatic nitrogens is 1. The van der Waals surface area contributed by atoms with E-state index in [0.29, 0.717) is 11.3 Å². The molecule has 3 rings (SSSR count). The fourth-order valence-electron chi connectivity index (χ4n) is 3.35. The molecule has 6 nitrogen and oxygen atoms in total. The van der Waals surface area contributed by atoms with Crippen molar-refractivity contribution in [2.45, 2.75) is 18.9 Å².